The van der Waals surface area contributed by atoms with Crippen molar-refractivity contribution < 1.29 is 4.57 Å². The molecule has 11 aromatic rings. The Balaban J connectivity index is 1.35. The van der Waals surface area contributed by atoms with Crippen LogP contribution in [0.25, 0.3) is 81.8 Å². The molecule has 4 heteroatoms. The molecule has 0 amide bonds. The third-order valence-electron chi connectivity index (χ3n) is 11.0. The molecule has 0 spiro atoms. The Bertz CT molecular complexity index is 3270. The van der Waals surface area contributed by atoms with E-state index in [4.69, 9.17) is 4.98 Å². The molecule has 2 heterocycles. The summed E-state index contributed by atoms with van der Waals surface area (Å²) in [6.07, 6.45) is 0. The van der Waals surface area contributed by atoms with Crippen LogP contribution in [0.1, 0.15) is 0 Å². The van der Waals surface area contributed by atoms with Crippen LogP contribution in [-0.4, -0.2) is 9.38 Å². The lowest BCUT2D eigenvalue weighted by Crippen LogP contribution is -2.27. The largest absolute Gasteiger partial charge is 0.309 e. The number of pyridine rings is 1. The van der Waals surface area contributed by atoms with Crippen molar-refractivity contribution in [3.8, 4) is 11.1 Å². The molecule has 0 aliphatic rings. The van der Waals surface area contributed by atoms with E-state index in [-0.39, 0.29) is 0 Å². The number of para-hydroxylation sites is 2. The standard InChI is InChI=1S/C49H31N2OP/c52-53(34-16-3-1-4-17-34,35-18-5-2-6-19-35)48-42-24-12-10-22-38(42)37-21-9-11-23-40(37)46(48)33-28-29-39-41-30-27-32-15-7-8-20-36(32)47(41)49-50-43-25-13-14-26-44(43)51(49)45(39)31-33/h1-31H. The summed E-state index contributed by atoms with van der Waals surface area (Å²) in [5, 5.41) is 12.6. The van der Waals surface area contributed by atoms with E-state index in [0.717, 1.165) is 86.9 Å². The summed E-state index contributed by atoms with van der Waals surface area (Å²) >= 11 is 0. The molecule has 0 aliphatic carbocycles. The first-order valence-corrected chi connectivity index (χ1v) is 19.7. The first-order valence-electron chi connectivity index (χ1n) is 18.0. The summed E-state index contributed by atoms with van der Waals surface area (Å²) in [5.41, 5.74) is 6.02. The molecule has 0 saturated carbocycles. The fraction of sp³-hybridized carbons (Fsp3) is 0. The molecule has 0 atom stereocenters. The number of fused-ring (bicyclic) bond motifs is 13. The zero-order valence-corrected chi connectivity index (χ0v) is 29.5. The van der Waals surface area contributed by atoms with E-state index in [1.54, 1.807) is 0 Å². The van der Waals surface area contributed by atoms with Gasteiger partial charge in [-0.1, -0.05) is 170 Å². The van der Waals surface area contributed by atoms with Crippen LogP contribution in [0.15, 0.2) is 188 Å². The molecule has 0 fully saturated rings. The summed E-state index contributed by atoms with van der Waals surface area (Å²) in [7, 11) is -3.45. The number of imidazole rings is 1. The minimum Gasteiger partial charge on any atom is -0.309 e. The van der Waals surface area contributed by atoms with Gasteiger partial charge in [-0.05, 0) is 61.5 Å². The Kier molecular flexibility index (Phi) is 6.53. The summed E-state index contributed by atoms with van der Waals surface area (Å²) in [4.78, 5) is 5.29. The van der Waals surface area contributed by atoms with Gasteiger partial charge in [-0.2, -0.15) is 0 Å². The minimum atomic E-state index is -3.45. The second-order valence-corrected chi connectivity index (χ2v) is 16.5. The zero-order valence-electron chi connectivity index (χ0n) is 28.6. The monoisotopic (exact) mass is 694 g/mol. The molecule has 0 aliphatic heterocycles. The Hall–Kier alpha value is -6.54. The van der Waals surface area contributed by atoms with E-state index < -0.39 is 7.14 Å². The molecule has 9 aromatic carbocycles. The van der Waals surface area contributed by atoms with Crippen LogP contribution < -0.4 is 15.9 Å². The second kappa shape index (κ2) is 11.5. The van der Waals surface area contributed by atoms with E-state index in [1.165, 1.54) is 10.8 Å². The normalized spacial score (nSPS) is 12.2. The van der Waals surface area contributed by atoms with Crippen molar-refractivity contribution in [1.82, 2.24) is 9.38 Å². The fourth-order valence-corrected chi connectivity index (χ4v) is 11.8. The van der Waals surface area contributed by atoms with Gasteiger partial charge in [0.2, 0.25) is 0 Å². The maximum atomic E-state index is 16.6. The van der Waals surface area contributed by atoms with Gasteiger partial charge in [0.05, 0.1) is 16.6 Å². The molecular formula is C49H31N2OP. The molecule has 0 saturated heterocycles. The van der Waals surface area contributed by atoms with Crippen LogP contribution in [-0.2, 0) is 4.57 Å². The lowest BCUT2D eigenvalue weighted by molar-refractivity contribution is 0.592. The van der Waals surface area contributed by atoms with E-state index >= 15 is 4.57 Å². The Labute approximate surface area is 305 Å². The molecule has 0 radical (unpaired) electrons. The number of nitrogens with zero attached hydrogens (tertiary/aromatic N) is 2. The van der Waals surface area contributed by atoms with Crippen LogP contribution in [0.2, 0.25) is 0 Å². The van der Waals surface area contributed by atoms with Crippen LogP contribution in [0.5, 0.6) is 0 Å². The summed E-state index contributed by atoms with van der Waals surface area (Å²) < 4.78 is 18.9. The molecule has 0 unspecified atom stereocenters. The lowest BCUT2D eigenvalue weighted by atomic mass is 9.92. The number of aromatic nitrogens is 2. The molecule has 0 bridgehead atoms. The minimum absolute atomic E-state index is 0.814. The highest BCUT2D eigenvalue weighted by molar-refractivity contribution is 7.86. The Morgan fingerprint density at radius 3 is 1.74 bits per heavy atom. The maximum absolute atomic E-state index is 16.6. The third kappa shape index (κ3) is 4.29. The maximum Gasteiger partial charge on any atom is 0.172 e. The summed E-state index contributed by atoms with van der Waals surface area (Å²) in [6.45, 7) is 0. The van der Waals surface area contributed by atoms with Crippen LogP contribution in [0.4, 0.5) is 0 Å². The zero-order chi connectivity index (χ0) is 35.1. The predicted molar refractivity (Wildman–Crippen MR) is 225 cm³/mol. The Morgan fingerprint density at radius 2 is 1.00 bits per heavy atom. The quantitative estimate of drug-likeness (QED) is 0.136. The van der Waals surface area contributed by atoms with E-state index in [1.807, 2.05) is 60.7 Å². The van der Waals surface area contributed by atoms with E-state index in [2.05, 4.69) is 132 Å². The van der Waals surface area contributed by atoms with Crippen molar-refractivity contribution >= 4 is 93.7 Å². The molecule has 53 heavy (non-hydrogen) atoms. The Morgan fingerprint density at radius 1 is 0.434 bits per heavy atom. The molecular weight excluding hydrogens is 664 g/mol. The molecule has 11 rings (SSSR count). The van der Waals surface area contributed by atoms with E-state index in [9.17, 15) is 0 Å². The van der Waals surface area contributed by atoms with Crippen LogP contribution in [0, 0.1) is 0 Å². The third-order valence-corrected chi connectivity index (χ3v) is 14.1. The van der Waals surface area contributed by atoms with Gasteiger partial charge in [0, 0.05) is 32.2 Å². The van der Waals surface area contributed by atoms with Crippen molar-refractivity contribution in [3.05, 3.63) is 188 Å². The fourth-order valence-electron chi connectivity index (χ4n) is 8.70. The van der Waals surface area contributed by atoms with Gasteiger partial charge in [0.15, 0.2) is 7.14 Å². The van der Waals surface area contributed by atoms with Crippen molar-refractivity contribution in [2.75, 3.05) is 0 Å². The first-order chi connectivity index (χ1) is 26.2. The van der Waals surface area contributed by atoms with Gasteiger partial charge in [-0.25, -0.2) is 4.98 Å². The van der Waals surface area contributed by atoms with Gasteiger partial charge in [-0.3, -0.25) is 4.40 Å². The molecule has 2 aromatic heterocycles. The highest BCUT2D eigenvalue weighted by Crippen LogP contribution is 2.50. The lowest BCUT2D eigenvalue weighted by Gasteiger charge is -2.26. The van der Waals surface area contributed by atoms with Gasteiger partial charge >= 0.3 is 0 Å². The van der Waals surface area contributed by atoms with Crippen molar-refractivity contribution in [2.45, 2.75) is 0 Å². The van der Waals surface area contributed by atoms with Gasteiger partial charge in [-0.15, -0.1) is 0 Å². The average Bonchev–Trinajstić information content (AvgIpc) is 3.63. The summed E-state index contributed by atoms with van der Waals surface area (Å²) in [5.74, 6) is 0. The summed E-state index contributed by atoms with van der Waals surface area (Å²) in [6, 6.07) is 65.4. The second-order valence-electron chi connectivity index (χ2n) is 13.8. The SMILES string of the molecule is O=P(c1ccccc1)(c1ccccc1)c1c(-c2ccc3c4ccc5ccccc5c4c4nc5ccccc5n4c3c2)c2ccccc2c2ccccc12. The molecule has 3 nitrogen and oxygen atoms in total. The van der Waals surface area contributed by atoms with Crippen LogP contribution in [0.3, 0.4) is 0 Å². The van der Waals surface area contributed by atoms with Crippen molar-refractivity contribution in [1.29, 1.82) is 0 Å². The molecule has 0 N–H and O–H groups in total. The van der Waals surface area contributed by atoms with Crippen LogP contribution >= 0.6 is 7.14 Å². The first kappa shape index (κ1) is 30.1. The predicted octanol–water partition coefficient (Wildman–Crippen LogP) is 11.6. The van der Waals surface area contributed by atoms with E-state index in [0.29, 0.717) is 0 Å². The van der Waals surface area contributed by atoms with Crippen molar-refractivity contribution in [3.63, 3.8) is 0 Å². The number of rotatable bonds is 4. The van der Waals surface area contributed by atoms with Gasteiger partial charge < -0.3 is 4.57 Å². The highest BCUT2D eigenvalue weighted by Gasteiger charge is 2.35. The highest BCUT2D eigenvalue weighted by atomic mass is 31.2. The van der Waals surface area contributed by atoms with Crippen molar-refractivity contribution in [2.24, 2.45) is 0 Å². The number of hydrogen-bond donors (Lipinski definition) is 0. The average molecular weight is 695 g/mol. The topological polar surface area (TPSA) is 34.4 Å². The molecule has 248 valence electrons. The van der Waals surface area contributed by atoms with Gasteiger partial charge in [0.25, 0.3) is 0 Å². The number of benzene rings is 9. The van der Waals surface area contributed by atoms with Gasteiger partial charge in [0.1, 0.15) is 5.65 Å². The number of hydrogen-bond acceptors (Lipinski definition) is 2. The smallest absolute Gasteiger partial charge is 0.172 e.